The number of amides is 1. The Hall–Kier alpha value is -0.650. The summed E-state index contributed by atoms with van der Waals surface area (Å²) in [6.45, 7) is 2.91. The van der Waals surface area contributed by atoms with Gasteiger partial charge in [-0.1, -0.05) is 6.42 Å². The first-order chi connectivity index (χ1) is 7.68. The Labute approximate surface area is 96.5 Å². The number of nitrogens with one attached hydrogen (secondary N) is 1. The monoisotopic (exact) mass is 226 g/mol. The van der Waals surface area contributed by atoms with Crippen molar-refractivity contribution in [2.45, 2.75) is 43.8 Å². The maximum Gasteiger partial charge on any atom is 0.235 e. The van der Waals surface area contributed by atoms with Crippen molar-refractivity contribution >= 4 is 5.91 Å². The van der Waals surface area contributed by atoms with Crippen molar-refractivity contribution in [2.24, 2.45) is 11.5 Å². The van der Waals surface area contributed by atoms with Crippen LogP contribution in [0.25, 0.3) is 0 Å². The number of nitrogens with zero attached hydrogens (tertiary/aromatic N) is 1. The molecule has 0 aromatic carbocycles. The molecule has 5 N–H and O–H groups in total. The van der Waals surface area contributed by atoms with Crippen molar-refractivity contribution in [1.82, 2.24) is 10.2 Å². The second-order valence-electron chi connectivity index (χ2n) is 4.91. The lowest BCUT2D eigenvalue weighted by atomic mass is 9.99. The van der Waals surface area contributed by atoms with Gasteiger partial charge < -0.3 is 16.8 Å². The number of hydrogen-bond donors (Lipinski definition) is 3. The standard InChI is InChI=1S/C11H22N4O/c12-8(11(13)16)7-14-9-4-6-15-5-2-1-3-10(9)15/h8-10,14H,1-7,12H2,(H2,13,16). The lowest BCUT2D eigenvalue weighted by Gasteiger charge is -2.32. The number of piperidine rings is 1. The molecule has 0 aromatic heterocycles. The van der Waals surface area contributed by atoms with Crippen LogP contribution < -0.4 is 16.8 Å². The van der Waals surface area contributed by atoms with Gasteiger partial charge >= 0.3 is 0 Å². The highest BCUT2D eigenvalue weighted by molar-refractivity contribution is 5.79. The van der Waals surface area contributed by atoms with Gasteiger partial charge in [0.1, 0.15) is 0 Å². The number of primary amides is 1. The third kappa shape index (κ3) is 2.53. The smallest absolute Gasteiger partial charge is 0.235 e. The summed E-state index contributed by atoms with van der Waals surface area (Å²) in [6.07, 6.45) is 5.07. The maximum absolute atomic E-state index is 10.8. The molecule has 0 radical (unpaired) electrons. The Bertz CT molecular complexity index is 258. The number of hydrogen-bond acceptors (Lipinski definition) is 4. The third-order valence-corrected chi connectivity index (χ3v) is 3.82. The molecule has 2 saturated heterocycles. The highest BCUT2D eigenvalue weighted by Crippen LogP contribution is 2.26. The Morgan fingerprint density at radius 2 is 2.19 bits per heavy atom. The van der Waals surface area contributed by atoms with Gasteiger partial charge in [0.15, 0.2) is 0 Å². The molecule has 2 fully saturated rings. The van der Waals surface area contributed by atoms with Crippen LogP contribution in [0.3, 0.4) is 0 Å². The summed E-state index contributed by atoms with van der Waals surface area (Å²) >= 11 is 0. The topological polar surface area (TPSA) is 84.4 Å². The van der Waals surface area contributed by atoms with Crippen LogP contribution in [-0.4, -0.2) is 48.6 Å². The predicted octanol–water partition coefficient (Wildman–Crippen LogP) is -0.985. The van der Waals surface area contributed by atoms with Gasteiger partial charge in [0, 0.05) is 25.2 Å². The lowest BCUT2D eigenvalue weighted by Crippen LogP contribution is -2.51. The molecule has 16 heavy (non-hydrogen) atoms. The van der Waals surface area contributed by atoms with Crippen LogP contribution in [0.5, 0.6) is 0 Å². The van der Waals surface area contributed by atoms with E-state index in [4.69, 9.17) is 11.5 Å². The van der Waals surface area contributed by atoms with E-state index in [0.717, 1.165) is 6.42 Å². The van der Waals surface area contributed by atoms with Crippen molar-refractivity contribution in [1.29, 1.82) is 0 Å². The van der Waals surface area contributed by atoms with Crippen LogP contribution in [0.15, 0.2) is 0 Å². The average Bonchev–Trinajstić information content (AvgIpc) is 2.69. The largest absolute Gasteiger partial charge is 0.368 e. The van der Waals surface area contributed by atoms with Gasteiger partial charge in [-0.05, 0) is 25.8 Å². The van der Waals surface area contributed by atoms with Crippen molar-refractivity contribution in [2.75, 3.05) is 19.6 Å². The molecule has 3 unspecified atom stereocenters. The van der Waals surface area contributed by atoms with Gasteiger partial charge in [0.05, 0.1) is 6.04 Å². The Kier molecular flexibility index (Phi) is 3.78. The van der Waals surface area contributed by atoms with E-state index in [9.17, 15) is 4.79 Å². The van der Waals surface area contributed by atoms with E-state index >= 15 is 0 Å². The fraction of sp³-hybridized carbons (Fsp3) is 0.909. The maximum atomic E-state index is 10.8. The fourth-order valence-corrected chi connectivity index (χ4v) is 2.86. The van der Waals surface area contributed by atoms with E-state index in [-0.39, 0.29) is 0 Å². The highest BCUT2D eigenvalue weighted by atomic mass is 16.1. The second-order valence-corrected chi connectivity index (χ2v) is 4.91. The molecule has 0 bridgehead atoms. The van der Waals surface area contributed by atoms with Crippen molar-refractivity contribution in [3.8, 4) is 0 Å². The first-order valence-corrected chi connectivity index (χ1v) is 6.21. The zero-order valence-electron chi connectivity index (χ0n) is 9.69. The second kappa shape index (κ2) is 5.12. The molecule has 5 nitrogen and oxygen atoms in total. The number of nitrogens with two attached hydrogens (primary N) is 2. The fourth-order valence-electron chi connectivity index (χ4n) is 2.86. The quantitative estimate of drug-likeness (QED) is 0.575. The highest BCUT2D eigenvalue weighted by Gasteiger charge is 2.35. The molecule has 1 amide bonds. The first-order valence-electron chi connectivity index (χ1n) is 6.21. The van der Waals surface area contributed by atoms with Crippen LogP contribution in [0.1, 0.15) is 25.7 Å². The molecular weight excluding hydrogens is 204 g/mol. The molecule has 0 saturated carbocycles. The minimum absolute atomic E-state index is 0.425. The van der Waals surface area contributed by atoms with Crippen LogP contribution in [0, 0.1) is 0 Å². The van der Waals surface area contributed by atoms with Gasteiger partial charge in [-0.15, -0.1) is 0 Å². The molecule has 0 aromatic rings. The normalized spacial score (nSPS) is 32.3. The van der Waals surface area contributed by atoms with E-state index in [1.807, 2.05) is 0 Å². The van der Waals surface area contributed by atoms with Crippen molar-refractivity contribution in [3.05, 3.63) is 0 Å². The van der Waals surface area contributed by atoms with Crippen molar-refractivity contribution in [3.63, 3.8) is 0 Å². The minimum atomic E-state index is -0.558. The van der Waals surface area contributed by atoms with E-state index in [0.29, 0.717) is 18.6 Å². The molecule has 2 aliphatic rings. The Morgan fingerprint density at radius 3 is 2.94 bits per heavy atom. The summed E-state index contributed by atoms with van der Waals surface area (Å²) in [5.41, 5.74) is 10.8. The van der Waals surface area contributed by atoms with Crippen molar-refractivity contribution < 1.29 is 4.79 Å². The van der Waals surface area contributed by atoms with Crippen LogP contribution in [-0.2, 0) is 4.79 Å². The van der Waals surface area contributed by atoms with E-state index in [2.05, 4.69) is 10.2 Å². The van der Waals surface area contributed by atoms with E-state index < -0.39 is 11.9 Å². The average molecular weight is 226 g/mol. The van der Waals surface area contributed by atoms with Gasteiger partial charge in [-0.3, -0.25) is 9.69 Å². The molecule has 0 aliphatic carbocycles. The number of rotatable bonds is 4. The van der Waals surface area contributed by atoms with Gasteiger partial charge in [-0.2, -0.15) is 0 Å². The minimum Gasteiger partial charge on any atom is -0.368 e. The SMILES string of the molecule is NC(=O)C(N)CNC1CCN2CCCCC12. The summed E-state index contributed by atoms with van der Waals surface area (Å²) in [5, 5.41) is 3.39. The van der Waals surface area contributed by atoms with Crippen LogP contribution in [0.4, 0.5) is 0 Å². The lowest BCUT2D eigenvalue weighted by molar-refractivity contribution is -0.119. The van der Waals surface area contributed by atoms with Gasteiger partial charge in [0.2, 0.25) is 5.91 Å². The molecule has 3 atom stereocenters. The Balaban J connectivity index is 1.79. The van der Waals surface area contributed by atoms with Gasteiger partial charge in [-0.25, -0.2) is 0 Å². The van der Waals surface area contributed by atoms with Crippen LogP contribution >= 0.6 is 0 Å². The van der Waals surface area contributed by atoms with E-state index in [1.54, 1.807) is 0 Å². The molecule has 2 rings (SSSR count). The third-order valence-electron chi connectivity index (χ3n) is 3.82. The summed E-state index contributed by atoms with van der Waals surface area (Å²) in [5.74, 6) is -0.425. The number of carbonyl (C=O) groups excluding carboxylic acids is 1. The summed E-state index contributed by atoms with van der Waals surface area (Å²) in [6, 6.07) is 0.581. The zero-order chi connectivity index (χ0) is 11.5. The molecule has 92 valence electrons. The number of carbonyl (C=O) groups is 1. The summed E-state index contributed by atoms with van der Waals surface area (Å²) in [4.78, 5) is 13.4. The Morgan fingerprint density at radius 1 is 1.38 bits per heavy atom. The predicted molar refractivity (Wildman–Crippen MR) is 62.8 cm³/mol. The first kappa shape index (κ1) is 11.8. The van der Waals surface area contributed by atoms with Gasteiger partial charge in [0.25, 0.3) is 0 Å². The summed E-state index contributed by atoms with van der Waals surface area (Å²) < 4.78 is 0. The molecular formula is C11H22N4O. The molecule has 2 heterocycles. The zero-order valence-corrected chi connectivity index (χ0v) is 9.69. The van der Waals surface area contributed by atoms with E-state index in [1.165, 1.54) is 32.4 Å². The van der Waals surface area contributed by atoms with Crippen LogP contribution in [0.2, 0.25) is 0 Å². The molecule has 0 spiro atoms. The summed E-state index contributed by atoms with van der Waals surface area (Å²) in [7, 11) is 0. The molecule has 5 heteroatoms. The number of fused-ring (bicyclic) bond motifs is 1. The molecule has 2 aliphatic heterocycles.